The lowest BCUT2D eigenvalue weighted by molar-refractivity contribution is 0.752. The molecular weight excluding hydrogens is 248 g/mol. The highest BCUT2D eigenvalue weighted by Gasteiger charge is 2.09. The van der Waals surface area contributed by atoms with E-state index in [2.05, 4.69) is 33.5 Å². The summed E-state index contributed by atoms with van der Waals surface area (Å²) >= 11 is 0. The van der Waals surface area contributed by atoms with E-state index in [4.69, 9.17) is 4.98 Å². The van der Waals surface area contributed by atoms with Gasteiger partial charge in [-0.1, -0.05) is 18.2 Å². The van der Waals surface area contributed by atoms with E-state index in [-0.39, 0.29) is 0 Å². The summed E-state index contributed by atoms with van der Waals surface area (Å²) in [5.41, 5.74) is 4.26. The molecule has 4 heteroatoms. The van der Waals surface area contributed by atoms with Gasteiger partial charge in [0.15, 0.2) is 0 Å². The normalized spacial score (nSPS) is 11.1. The van der Waals surface area contributed by atoms with Crippen LogP contribution in [-0.2, 0) is 6.42 Å². The van der Waals surface area contributed by atoms with Crippen molar-refractivity contribution in [1.29, 1.82) is 0 Å². The van der Waals surface area contributed by atoms with Gasteiger partial charge >= 0.3 is 0 Å². The number of fused-ring (bicyclic) bond motifs is 1. The maximum atomic E-state index is 4.69. The molecule has 0 saturated carbocycles. The van der Waals surface area contributed by atoms with E-state index in [1.165, 1.54) is 5.39 Å². The van der Waals surface area contributed by atoms with Crippen LogP contribution in [0.15, 0.2) is 36.5 Å². The van der Waals surface area contributed by atoms with Gasteiger partial charge in [0.1, 0.15) is 5.82 Å². The second kappa shape index (κ2) is 5.43. The number of H-pyrrole nitrogens is 1. The molecule has 0 spiro atoms. The Balaban J connectivity index is 2.07. The number of aryl methyl sites for hydroxylation is 1. The molecule has 0 amide bonds. The summed E-state index contributed by atoms with van der Waals surface area (Å²) in [4.78, 5) is 12.5. The molecule has 2 N–H and O–H groups in total. The summed E-state index contributed by atoms with van der Waals surface area (Å²) in [7, 11) is 1.94. The number of aromatic nitrogens is 3. The Morgan fingerprint density at radius 2 is 2.05 bits per heavy atom. The number of aromatic amines is 1. The Bertz CT molecular complexity index is 730. The zero-order chi connectivity index (χ0) is 13.9. The van der Waals surface area contributed by atoms with Crippen LogP contribution in [-0.4, -0.2) is 28.5 Å². The van der Waals surface area contributed by atoms with Gasteiger partial charge in [0, 0.05) is 41.3 Å². The SMILES string of the molecule is CNCCc1nc(C)cc(-c2c[nH]c3ccccc23)n1. The number of nitrogens with one attached hydrogen (secondary N) is 2. The summed E-state index contributed by atoms with van der Waals surface area (Å²) in [6.07, 6.45) is 2.86. The van der Waals surface area contributed by atoms with Crippen molar-refractivity contribution in [1.82, 2.24) is 20.3 Å². The standard InChI is InChI=1S/C16H18N4/c1-11-9-15(20-16(19-11)7-8-17-2)13-10-18-14-6-4-3-5-12(13)14/h3-6,9-10,17-18H,7-8H2,1-2H3. The largest absolute Gasteiger partial charge is 0.360 e. The molecule has 0 aliphatic carbocycles. The molecule has 3 aromatic rings. The smallest absolute Gasteiger partial charge is 0.130 e. The number of rotatable bonds is 4. The highest BCUT2D eigenvalue weighted by Crippen LogP contribution is 2.27. The van der Waals surface area contributed by atoms with Crippen LogP contribution in [0, 0.1) is 6.92 Å². The molecule has 20 heavy (non-hydrogen) atoms. The average Bonchev–Trinajstić information content (AvgIpc) is 2.88. The third-order valence-corrected chi connectivity index (χ3v) is 3.36. The summed E-state index contributed by atoms with van der Waals surface area (Å²) in [6.45, 7) is 2.90. The summed E-state index contributed by atoms with van der Waals surface area (Å²) in [5.74, 6) is 0.889. The van der Waals surface area contributed by atoms with Gasteiger partial charge in [0.2, 0.25) is 0 Å². The van der Waals surface area contributed by atoms with Gasteiger partial charge < -0.3 is 10.3 Å². The number of benzene rings is 1. The Hall–Kier alpha value is -2.20. The molecule has 0 unspecified atom stereocenters. The van der Waals surface area contributed by atoms with Crippen LogP contribution in [0.2, 0.25) is 0 Å². The molecule has 102 valence electrons. The number of nitrogens with zero attached hydrogens (tertiary/aromatic N) is 2. The first kappa shape index (κ1) is 12.8. The number of hydrogen-bond donors (Lipinski definition) is 2. The monoisotopic (exact) mass is 266 g/mol. The van der Waals surface area contributed by atoms with Crippen molar-refractivity contribution in [3.63, 3.8) is 0 Å². The Morgan fingerprint density at radius 1 is 1.20 bits per heavy atom. The predicted octanol–water partition coefficient (Wildman–Crippen LogP) is 2.70. The molecule has 1 aromatic carbocycles. The molecular formula is C16H18N4. The van der Waals surface area contributed by atoms with E-state index < -0.39 is 0 Å². The zero-order valence-electron chi connectivity index (χ0n) is 11.8. The third kappa shape index (κ3) is 2.42. The fourth-order valence-electron chi connectivity index (χ4n) is 2.40. The molecule has 0 aliphatic rings. The first-order chi connectivity index (χ1) is 9.78. The van der Waals surface area contributed by atoms with Gasteiger partial charge in [0.05, 0.1) is 5.69 Å². The maximum absolute atomic E-state index is 4.69. The van der Waals surface area contributed by atoms with Crippen molar-refractivity contribution in [3.05, 3.63) is 48.0 Å². The van der Waals surface area contributed by atoms with E-state index in [0.717, 1.165) is 41.3 Å². The van der Waals surface area contributed by atoms with Gasteiger partial charge in [-0.15, -0.1) is 0 Å². The maximum Gasteiger partial charge on any atom is 0.130 e. The van der Waals surface area contributed by atoms with Crippen molar-refractivity contribution >= 4 is 10.9 Å². The van der Waals surface area contributed by atoms with Crippen LogP contribution in [0.1, 0.15) is 11.5 Å². The minimum absolute atomic E-state index is 0.841. The molecule has 3 rings (SSSR count). The van der Waals surface area contributed by atoms with Crippen molar-refractivity contribution < 1.29 is 0 Å². The average molecular weight is 266 g/mol. The first-order valence-electron chi connectivity index (χ1n) is 6.83. The second-order valence-electron chi connectivity index (χ2n) is 4.91. The van der Waals surface area contributed by atoms with Gasteiger partial charge in [-0.3, -0.25) is 0 Å². The number of hydrogen-bond acceptors (Lipinski definition) is 3. The molecule has 0 aliphatic heterocycles. The van der Waals surface area contributed by atoms with Crippen LogP contribution in [0.4, 0.5) is 0 Å². The Kier molecular flexibility index (Phi) is 3.48. The van der Waals surface area contributed by atoms with E-state index in [1.807, 2.05) is 32.3 Å². The minimum atomic E-state index is 0.841. The lowest BCUT2D eigenvalue weighted by Gasteiger charge is -2.05. The van der Waals surface area contributed by atoms with E-state index in [9.17, 15) is 0 Å². The zero-order valence-corrected chi connectivity index (χ0v) is 11.8. The predicted molar refractivity (Wildman–Crippen MR) is 81.7 cm³/mol. The highest BCUT2D eigenvalue weighted by molar-refractivity contribution is 5.94. The van der Waals surface area contributed by atoms with E-state index in [1.54, 1.807) is 0 Å². The van der Waals surface area contributed by atoms with Gasteiger partial charge in [-0.25, -0.2) is 9.97 Å². The van der Waals surface area contributed by atoms with Crippen LogP contribution < -0.4 is 5.32 Å². The van der Waals surface area contributed by atoms with Crippen LogP contribution in [0.5, 0.6) is 0 Å². The molecule has 2 aromatic heterocycles. The third-order valence-electron chi connectivity index (χ3n) is 3.36. The lowest BCUT2D eigenvalue weighted by atomic mass is 10.1. The molecule has 0 bridgehead atoms. The minimum Gasteiger partial charge on any atom is -0.360 e. The van der Waals surface area contributed by atoms with Crippen molar-refractivity contribution in [2.24, 2.45) is 0 Å². The molecule has 0 radical (unpaired) electrons. The van der Waals surface area contributed by atoms with E-state index >= 15 is 0 Å². The van der Waals surface area contributed by atoms with Crippen molar-refractivity contribution in [2.45, 2.75) is 13.3 Å². The van der Waals surface area contributed by atoms with Gasteiger partial charge in [-0.2, -0.15) is 0 Å². The molecule has 0 saturated heterocycles. The van der Waals surface area contributed by atoms with Crippen molar-refractivity contribution in [3.8, 4) is 11.3 Å². The molecule has 2 heterocycles. The number of likely N-dealkylation sites (N-methyl/N-ethyl adjacent to an activating group) is 1. The Morgan fingerprint density at radius 3 is 2.90 bits per heavy atom. The highest BCUT2D eigenvalue weighted by atomic mass is 14.9. The van der Waals surface area contributed by atoms with E-state index in [0.29, 0.717) is 0 Å². The summed E-state index contributed by atoms with van der Waals surface area (Å²) < 4.78 is 0. The summed E-state index contributed by atoms with van der Waals surface area (Å²) in [5, 5.41) is 4.33. The fourth-order valence-corrected chi connectivity index (χ4v) is 2.40. The second-order valence-corrected chi connectivity index (χ2v) is 4.91. The van der Waals surface area contributed by atoms with Gasteiger partial charge in [0.25, 0.3) is 0 Å². The first-order valence-corrected chi connectivity index (χ1v) is 6.83. The molecule has 4 nitrogen and oxygen atoms in total. The topological polar surface area (TPSA) is 53.6 Å². The number of para-hydroxylation sites is 1. The molecule has 0 atom stereocenters. The summed E-state index contributed by atoms with van der Waals surface area (Å²) in [6, 6.07) is 10.3. The van der Waals surface area contributed by atoms with Crippen molar-refractivity contribution in [2.75, 3.05) is 13.6 Å². The Labute approximate surface area is 118 Å². The van der Waals surface area contributed by atoms with Gasteiger partial charge in [-0.05, 0) is 26.1 Å². The fraction of sp³-hybridized carbons (Fsp3) is 0.250. The van der Waals surface area contributed by atoms with Crippen LogP contribution >= 0.6 is 0 Å². The van der Waals surface area contributed by atoms with Crippen LogP contribution in [0.3, 0.4) is 0 Å². The van der Waals surface area contributed by atoms with Crippen LogP contribution in [0.25, 0.3) is 22.2 Å². The quantitative estimate of drug-likeness (QED) is 0.763. The lowest BCUT2D eigenvalue weighted by Crippen LogP contribution is -2.12. The molecule has 0 fully saturated rings.